The van der Waals surface area contributed by atoms with Gasteiger partial charge in [0.15, 0.2) is 0 Å². The predicted molar refractivity (Wildman–Crippen MR) is 45.3 cm³/mol. The Bertz CT molecular complexity index is 454. The van der Waals surface area contributed by atoms with Crippen LogP contribution in [0.2, 0.25) is 0 Å². The van der Waals surface area contributed by atoms with Gasteiger partial charge in [-0.15, -0.1) is 0 Å². The third kappa shape index (κ3) is 1.88. The van der Waals surface area contributed by atoms with Crippen molar-refractivity contribution >= 4 is 5.69 Å². The molecule has 0 N–H and O–H groups in total. The molecule has 1 aromatic heterocycles. The number of aryl methyl sites for hydroxylation is 1. The molecule has 0 bridgehead atoms. The van der Waals surface area contributed by atoms with Crippen molar-refractivity contribution in [1.29, 1.82) is 5.26 Å². The molecule has 0 unspecified atom stereocenters. The van der Waals surface area contributed by atoms with Gasteiger partial charge in [0, 0.05) is 6.20 Å². The molecule has 0 saturated carbocycles. The Hall–Kier alpha value is -2.10. The van der Waals surface area contributed by atoms with E-state index in [0.717, 1.165) is 6.20 Å². The molecule has 0 radical (unpaired) electrons. The molecule has 1 rings (SSSR count). The van der Waals surface area contributed by atoms with Crippen LogP contribution in [0.3, 0.4) is 0 Å². The molecule has 0 aromatic carbocycles. The summed E-state index contributed by atoms with van der Waals surface area (Å²) >= 11 is 0. The zero-order chi connectivity index (χ0) is 11.6. The quantitative estimate of drug-likeness (QED) is 0.556. The lowest BCUT2D eigenvalue weighted by atomic mass is 10.1. The standard InChI is InChI=1S/C8H5F2N3O2/c1-4-7(13(14)15)5(2-11)6(3-12-4)8(9)10/h3,8H,1H3. The van der Waals surface area contributed by atoms with Crippen LogP contribution in [0.25, 0.3) is 0 Å². The molecule has 0 atom stereocenters. The summed E-state index contributed by atoms with van der Waals surface area (Å²) in [6.45, 7) is 1.29. The molecule has 0 amide bonds. The number of nitrogens with zero attached hydrogens (tertiary/aromatic N) is 3. The normalized spacial score (nSPS) is 10.1. The Morgan fingerprint density at radius 2 is 2.27 bits per heavy atom. The van der Waals surface area contributed by atoms with E-state index < -0.39 is 28.2 Å². The number of aromatic nitrogens is 1. The van der Waals surface area contributed by atoms with E-state index in [1.165, 1.54) is 13.0 Å². The molecule has 0 spiro atoms. The number of nitro groups is 1. The third-order valence-electron chi connectivity index (χ3n) is 1.79. The monoisotopic (exact) mass is 213 g/mol. The summed E-state index contributed by atoms with van der Waals surface area (Å²) in [5.41, 5.74) is -2.05. The highest BCUT2D eigenvalue weighted by Crippen LogP contribution is 2.30. The van der Waals surface area contributed by atoms with E-state index in [9.17, 15) is 18.9 Å². The van der Waals surface area contributed by atoms with E-state index >= 15 is 0 Å². The van der Waals surface area contributed by atoms with E-state index in [1.807, 2.05) is 0 Å². The van der Waals surface area contributed by atoms with Crippen molar-refractivity contribution in [3.63, 3.8) is 0 Å². The molecule has 0 aliphatic rings. The Labute approximate surface area is 83.1 Å². The van der Waals surface area contributed by atoms with Crippen molar-refractivity contribution in [2.24, 2.45) is 0 Å². The molecule has 5 nitrogen and oxygen atoms in total. The summed E-state index contributed by atoms with van der Waals surface area (Å²) in [5.74, 6) is 0. The van der Waals surface area contributed by atoms with Crippen LogP contribution in [0, 0.1) is 28.4 Å². The highest BCUT2D eigenvalue weighted by atomic mass is 19.3. The third-order valence-corrected chi connectivity index (χ3v) is 1.79. The molecule has 15 heavy (non-hydrogen) atoms. The molecule has 0 aliphatic carbocycles. The van der Waals surface area contributed by atoms with Crippen LogP contribution in [-0.4, -0.2) is 9.91 Å². The van der Waals surface area contributed by atoms with Crippen molar-refractivity contribution in [3.8, 4) is 6.07 Å². The maximum atomic E-state index is 12.4. The molecule has 0 aliphatic heterocycles. The van der Waals surface area contributed by atoms with Crippen LogP contribution in [0.5, 0.6) is 0 Å². The minimum absolute atomic E-state index is 0.0547. The fraction of sp³-hybridized carbons (Fsp3) is 0.250. The number of hydrogen-bond donors (Lipinski definition) is 0. The Morgan fingerprint density at radius 3 is 2.67 bits per heavy atom. The van der Waals surface area contributed by atoms with Gasteiger partial charge < -0.3 is 0 Å². The zero-order valence-electron chi connectivity index (χ0n) is 7.57. The molecular weight excluding hydrogens is 208 g/mol. The van der Waals surface area contributed by atoms with Crippen molar-refractivity contribution in [2.75, 3.05) is 0 Å². The van der Waals surface area contributed by atoms with E-state index in [-0.39, 0.29) is 5.69 Å². The fourth-order valence-electron chi connectivity index (χ4n) is 1.12. The zero-order valence-corrected chi connectivity index (χ0v) is 7.57. The molecule has 78 valence electrons. The highest BCUT2D eigenvalue weighted by molar-refractivity contribution is 5.55. The Balaban J connectivity index is 3.56. The van der Waals surface area contributed by atoms with Crippen LogP contribution >= 0.6 is 0 Å². The minimum atomic E-state index is -2.95. The van der Waals surface area contributed by atoms with Crippen molar-refractivity contribution in [1.82, 2.24) is 4.98 Å². The number of nitriles is 1. The lowest BCUT2D eigenvalue weighted by molar-refractivity contribution is -0.386. The van der Waals surface area contributed by atoms with E-state index in [1.54, 1.807) is 0 Å². The van der Waals surface area contributed by atoms with E-state index in [0.29, 0.717) is 0 Å². The summed E-state index contributed by atoms with van der Waals surface area (Å²) in [6, 6.07) is 1.41. The fourth-order valence-corrected chi connectivity index (χ4v) is 1.12. The van der Waals surface area contributed by atoms with Gasteiger partial charge in [-0.25, -0.2) is 8.78 Å². The topological polar surface area (TPSA) is 79.8 Å². The van der Waals surface area contributed by atoms with Crippen molar-refractivity contribution in [3.05, 3.63) is 33.1 Å². The lowest BCUT2D eigenvalue weighted by Gasteiger charge is -2.04. The summed E-state index contributed by atoms with van der Waals surface area (Å²) in [4.78, 5) is 13.1. The highest BCUT2D eigenvalue weighted by Gasteiger charge is 2.26. The van der Waals surface area contributed by atoms with Gasteiger partial charge in [-0.3, -0.25) is 15.1 Å². The lowest BCUT2D eigenvalue weighted by Crippen LogP contribution is -2.02. The van der Waals surface area contributed by atoms with Gasteiger partial charge in [0.1, 0.15) is 17.3 Å². The first-order chi connectivity index (χ1) is 6.99. The molecule has 1 aromatic rings. The summed E-state index contributed by atoms with van der Waals surface area (Å²) < 4.78 is 24.8. The molecule has 1 heterocycles. The van der Waals surface area contributed by atoms with Gasteiger partial charge in [-0.1, -0.05) is 0 Å². The van der Waals surface area contributed by atoms with Gasteiger partial charge in [0.05, 0.1) is 10.5 Å². The smallest absolute Gasteiger partial charge is 0.258 e. The number of halogens is 2. The number of rotatable bonds is 2. The van der Waals surface area contributed by atoms with E-state index in [4.69, 9.17) is 5.26 Å². The first-order valence-corrected chi connectivity index (χ1v) is 3.81. The van der Waals surface area contributed by atoms with Gasteiger partial charge in [-0.2, -0.15) is 5.26 Å². The molecule has 7 heteroatoms. The van der Waals surface area contributed by atoms with Crippen LogP contribution in [-0.2, 0) is 0 Å². The average Bonchev–Trinajstić information content (AvgIpc) is 2.15. The number of alkyl halides is 2. The van der Waals surface area contributed by atoms with Crippen LogP contribution in [0.1, 0.15) is 23.2 Å². The van der Waals surface area contributed by atoms with Gasteiger partial charge >= 0.3 is 5.69 Å². The maximum Gasteiger partial charge on any atom is 0.308 e. The largest absolute Gasteiger partial charge is 0.308 e. The van der Waals surface area contributed by atoms with Crippen LogP contribution < -0.4 is 0 Å². The molecular formula is C8H5F2N3O2. The first kappa shape index (κ1) is 11.0. The van der Waals surface area contributed by atoms with Gasteiger partial charge in [-0.05, 0) is 6.92 Å². The Morgan fingerprint density at radius 1 is 1.67 bits per heavy atom. The first-order valence-electron chi connectivity index (χ1n) is 3.81. The predicted octanol–water partition coefficient (Wildman–Crippen LogP) is 2.11. The number of hydrogen-bond acceptors (Lipinski definition) is 4. The second-order valence-electron chi connectivity index (χ2n) is 2.69. The summed E-state index contributed by atoms with van der Waals surface area (Å²) in [7, 11) is 0. The van der Waals surface area contributed by atoms with Crippen molar-refractivity contribution < 1.29 is 13.7 Å². The maximum absolute atomic E-state index is 12.4. The summed E-state index contributed by atoms with van der Waals surface area (Å²) in [6.07, 6.45) is -2.17. The summed E-state index contributed by atoms with van der Waals surface area (Å²) in [5, 5.41) is 19.2. The van der Waals surface area contributed by atoms with Crippen molar-refractivity contribution in [2.45, 2.75) is 13.3 Å². The second kappa shape index (κ2) is 3.96. The van der Waals surface area contributed by atoms with E-state index in [2.05, 4.69) is 4.98 Å². The molecule has 0 saturated heterocycles. The van der Waals surface area contributed by atoms with Gasteiger partial charge in [0.2, 0.25) is 0 Å². The van der Waals surface area contributed by atoms with Crippen LogP contribution in [0.4, 0.5) is 14.5 Å². The van der Waals surface area contributed by atoms with Crippen LogP contribution in [0.15, 0.2) is 6.20 Å². The molecule has 0 fully saturated rings. The average molecular weight is 213 g/mol. The number of pyridine rings is 1. The SMILES string of the molecule is Cc1ncc(C(F)F)c(C#N)c1[N+](=O)[O-]. The Kier molecular flexibility index (Phi) is 2.90. The second-order valence-corrected chi connectivity index (χ2v) is 2.69. The van der Waals surface area contributed by atoms with Gasteiger partial charge in [0.25, 0.3) is 6.43 Å². The minimum Gasteiger partial charge on any atom is -0.258 e.